The maximum Gasteiger partial charge on any atom is 0.206 e. The minimum Gasteiger partial charge on any atom is -0.493 e. The van der Waals surface area contributed by atoms with Crippen LogP contribution >= 0.6 is 11.3 Å². The third-order valence-corrected chi connectivity index (χ3v) is 4.75. The summed E-state index contributed by atoms with van der Waals surface area (Å²) in [5, 5.41) is 3.34. The van der Waals surface area contributed by atoms with Crippen molar-refractivity contribution in [2.45, 2.75) is 40.0 Å². The fourth-order valence-electron chi connectivity index (χ4n) is 2.47. The second-order valence-electron chi connectivity index (χ2n) is 6.15. The second kappa shape index (κ2) is 10.7. The number of halogens is 1. The van der Waals surface area contributed by atoms with Crippen molar-refractivity contribution in [2.24, 2.45) is 0 Å². The average molecular weight is 387 g/mol. The van der Waals surface area contributed by atoms with Crippen molar-refractivity contribution in [3.63, 3.8) is 0 Å². The zero-order chi connectivity index (χ0) is 19.6. The Morgan fingerprint density at radius 1 is 1.37 bits per heavy atom. The molecule has 5 heteroatoms. The number of aryl methyl sites for hydroxylation is 1. The van der Waals surface area contributed by atoms with Crippen LogP contribution in [0.1, 0.15) is 44.4 Å². The molecule has 27 heavy (non-hydrogen) atoms. The van der Waals surface area contributed by atoms with E-state index in [0.29, 0.717) is 23.0 Å². The highest BCUT2D eigenvalue weighted by atomic mass is 32.1. The Hall–Kier alpha value is -2.40. The molecule has 0 saturated carbocycles. The molecule has 2 rings (SSSR count). The van der Waals surface area contributed by atoms with Gasteiger partial charge in [0.15, 0.2) is 5.13 Å². The number of thiazole rings is 1. The van der Waals surface area contributed by atoms with Gasteiger partial charge in [0.25, 0.3) is 0 Å². The smallest absolute Gasteiger partial charge is 0.206 e. The zero-order valence-corrected chi connectivity index (χ0v) is 17.0. The molecule has 0 aliphatic rings. The number of benzene rings is 1. The molecule has 1 heterocycles. The number of hydrogen-bond acceptors (Lipinski definition) is 4. The number of nitrogens with one attached hydrogen (secondary N) is 1. The van der Waals surface area contributed by atoms with Gasteiger partial charge >= 0.3 is 0 Å². The lowest BCUT2D eigenvalue weighted by Gasteiger charge is -2.11. The number of hydrogen-bond donors (Lipinski definition) is 1. The first-order chi connectivity index (χ1) is 13.1. The number of rotatable bonds is 10. The van der Waals surface area contributed by atoms with Gasteiger partial charge in [0.05, 0.1) is 6.61 Å². The summed E-state index contributed by atoms with van der Waals surface area (Å²) >= 11 is 0.978. The molecule has 0 fully saturated rings. The van der Waals surface area contributed by atoms with Gasteiger partial charge in [-0.15, -0.1) is 0 Å². The van der Waals surface area contributed by atoms with Gasteiger partial charge in [0, 0.05) is 17.3 Å². The minimum absolute atomic E-state index is 0.304. The maximum absolute atomic E-state index is 14.3. The van der Waals surface area contributed by atoms with Gasteiger partial charge in [-0.2, -0.15) is 4.39 Å². The predicted molar refractivity (Wildman–Crippen MR) is 115 cm³/mol. The summed E-state index contributed by atoms with van der Waals surface area (Å²) in [6, 6.07) is 5.87. The Labute approximate surface area is 165 Å². The minimum atomic E-state index is -0.337. The van der Waals surface area contributed by atoms with Gasteiger partial charge in [-0.25, -0.2) is 4.98 Å². The number of nitrogens with zero attached hydrogens (tertiary/aromatic N) is 1. The molecule has 0 aliphatic carbocycles. The zero-order valence-electron chi connectivity index (χ0n) is 16.2. The lowest BCUT2D eigenvalue weighted by molar-refractivity contribution is 0.304. The molecule has 1 N–H and O–H groups in total. The van der Waals surface area contributed by atoms with Crippen molar-refractivity contribution < 1.29 is 9.13 Å². The number of aromatic nitrogens is 1. The first-order valence-corrected chi connectivity index (χ1v) is 10.0. The molecule has 0 unspecified atom stereocenters. The number of anilines is 2. The Balaban J connectivity index is 2.15. The molecular weight excluding hydrogens is 359 g/mol. The molecular formula is C22H27FN2OS. The monoisotopic (exact) mass is 386 g/mol. The van der Waals surface area contributed by atoms with Crippen LogP contribution in [0.3, 0.4) is 0 Å². The third-order valence-electron chi connectivity index (χ3n) is 3.99. The predicted octanol–water partition coefficient (Wildman–Crippen LogP) is 7.05. The van der Waals surface area contributed by atoms with E-state index in [2.05, 4.69) is 23.8 Å². The van der Waals surface area contributed by atoms with E-state index in [1.165, 1.54) is 0 Å². The van der Waals surface area contributed by atoms with Crippen LogP contribution in [-0.2, 0) is 0 Å². The van der Waals surface area contributed by atoms with Crippen LogP contribution in [0.4, 0.5) is 15.2 Å². The van der Waals surface area contributed by atoms with Gasteiger partial charge in [-0.1, -0.05) is 68.1 Å². The lowest BCUT2D eigenvalue weighted by Crippen LogP contribution is -1.99. The highest BCUT2D eigenvalue weighted by Gasteiger charge is 2.14. The van der Waals surface area contributed by atoms with E-state index in [1.807, 2.05) is 44.2 Å². The summed E-state index contributed by atoms with van der Waals surface area (Å²) in [6.45, 7) is 10.5. The largest absolute Gasteiger partial charge is 0.493 e. The molecule has 0 aliphatic heterocycles. The topological polar surface area (TPSA) is 34.2 Å². The van der Waals surface area contributed by atoms with Gasteiger partial charge in [-0.05, 0) is 31.9 Å². The van der Waals surface area contributed by atoms with Crippen molar-refractivity contribution in [2.75, 3.05) is 11.9 Å². The van der Waals surface area contributed by atoms with Crippen LogP contribution in [0.25, 0.3) is 5.57 Å². The molecule has 144 valence electrons. The molecule has 3 nitrogen and oxygen atoms in total. The molecule has 0 atom stereocenters. The Bertz CT molecular complexity index is 824. The van der Waals surface area contributed by atoms with Gasteiger partial charge < -0.3 is 10.1 Å². The summed E-state index contributed by atoms with van der Waals surface area (Å²) in [5.74, 6) is 0.841. The van der Waals surface area contributed by atoms with Crippen molar-refractivity contribution in [3.05, 3.63) is 65.5 Å². The molecule has 0 bridgehead atoms. The van der Waals surface area contributed by atoms with Crippen molar-refractivity contribution in [3.8, 4) is 5.75 Å². The number of unbranched alkanes of at least 4 members (excludes halogenated alkanes) is 2. The highest BCUT2D eigenvalue weighted by molar-refractivity contribution is 7.14. The molecule has 0 spiro atoms. The number of ether oxygens (including phenoxy) is 1. The van der Waals surface area contributed by atoms with Crippen molar-refractivity contribution in [1.29, 1.82) is 0 Å². The van der Waals surface area contributed by atoms with Crippen LogP contribution in [0, 0.1) is 12.1 Å². The van der Waals surface area contributed by atoms with E-state index < -0.39 is 0 Å². The Morgan fingerprint density at radius 3 is 2.89 bits per heavy atom. The molecule has 2 aromatic rings. The maximum atomic E-state index is 14.3. The van der Waals surface area contributed by atoms with Crippen LogP contribution in [0.5, 0.6) is 5.75 Å². The quantitative estimate of drug-likeness (QED) is 0.351. The SMILES string of the molecule is C=C/C(=C\C=C/C)c1nc(Nc2ccc(C)c(OCCCCC)c2)sc1F. The first-order valence-electron chi connectivity index (χ1n) is 9.21. The van der Waals surface area contributed by atoms with Gasteiger partial charge in [-0.3, -0.25) is 0 Å². The molecule has 0 saturated heterocycles. The average Bonchev–Trinajstić information content (AvgIpc) is 3.02. The standard InChI is InChI=1S/C22H27FN2OS/c1-5-8-10-14-26-19-15-18(13-12-16(19)4)24-22-25-20(21(23)27-22)17(7-3)11-9-6-2/h6-7,9,11-13,15H,3,5,8,10,14H2,1-2,4H3,(H,24,25)/b9-6-,17-11+. The highest BCUT2D eigenvalue weighted by Crippen LogP contribution is 2.31. The fraction of sp³-hybridized carbons (Fsp3) is 0.318. The molecule has 1 aromatic heterocycles. The summed E-state index contributed by atoms with van der Waals surface area (Å²) < 4.78 is 20.2. The molecule has 0 amide bonds. The van der Waals surface area contributed by atoms with Crippen molar-refractivity contribution >= 4 is 27.7 Å². The van der Waals surface area contributed by atoms with E-state index in [0.717, 1.165) is 47.6 Å². The first kappa shape index (κ1) is 20.9. The fourth-order valence-corrected chi connectivity index (χ4v) is 3.20. The van der Waals surface area contributed by atoms with Gasteiger partial charge in [0.1, 0.15) is 11.4 Å². The van der Waals surface area contributed by atoms with Crippen LogP contribution in [0.2, 0.25) is 0 Å². The molecule has 0 radical (unpaired) electrons. The van der Waals surface area contributed by atoms with E-state index in [1.54, 1.807) is 12.2 Å². The van der Waals surface area contributed by atoms with E-state index in [-0.39, 0.29) is 5.13 Å². The van der Waals surface area contributed by atoms with Crippen LogP contribution < -0.4 is 10.1 Å². The summed E-state index contributed by atoms with van der Waals surface area (Å²) in [7, 11) is 0. The van der Waals surface area contributed by atoms with Crippen molar-refractivity contribution in [1.82, 2.24) is 4.98 Å². The van der Waals surface area contributed by atoms with Crippen LogP contribution in [0.15, 0.2) is 49.1 Å². The summed E-state index contributed by atoms with van der Waals surface area (Å²) in [4.78, 5) is 4.39. The summed E-state index contributed by atoms with van der Waals surface area (Å²) in [5.41, 5.74) is 2.85. The normalized spacial score (nSPS) is 11.8. The van der Waals surface area contributed by atoms with Crippen LogP contribution in [-0.4, -0.2) is 11.6 Å². The van der Waals surface area contributed by atoms with Gasteiger partial charge in [0.2, 0.25) is 5.13 Å². The Morgan fingerprint density at radius 2 is 2.19 bits per heavy atom. The lowest BCUT2D eigenvalue weighted by atomic mass is 10.2. The second-order valence-corrected chi connectivity index (χ2v) is 7.10. The number of allylic oxidation sites excluding steroid dienone is 5. The summed E-state index contributed by atoms with van der Waals surface area (Å²) in [6.07, 6.45) is 10.5. The van der Waals surface area contributed by atoms with E-state index in [9.17, 15) is 4.39 Å². The van der Waals surface area contributed by atoms with E-state index >= 15 is 0 Å². The van der Waals surface area contributed by atoms with E-state index in [4.69, 9.17) is 4.74 Å². The Kier molecular flexibility index (Phi) is 8.27. The third kappa shape index (κ3) is 6.07. The molecule has 1 aromatic carbocycles.